The summed E-state index contributed by atoms with van der Waals surface area (Å²) in [6.07, 6.45) is 1.77. The van der Waals surface area contributed by atoms with Crippen molar-refractivity contribution in [1.82, 2.24) is 4.98 Å². The lowest BCUT2D eigenvalue weighted by atomic mass is 10.2. The van der Waals surface area contributed by atoms with Crippen molar-refractivity contribution in [3.05, 3.63) is 68.4 Å². The van der Waals surface area contributed by atoms with E-state index in [0.717, 1.165) is 30.9 Å². The molecule has 0 saturated carbocycles. The smallest absolute Gasteiger partial charge is 0.203 e. The van der Waals surface area contributed by atoms with Gasteiger partial charge in [0.25, 0.3) is 0 Å². The van der Waals surface area contributed by atoms with E-state index in [0.29, 0.717) is 0 Å². The molecule has 1 N–H and O–H groups in total. The molecular weight excluding hydrogens is 426 g/mol. The normalized spacial score (nSPS) is 11.0. The van der Waals surface area contributed by atoms with E-state index in [1.807, 2.05) is 53.9 Å². The van der Waals surface area contributed by atoms with E-state index in [-0.39, 0.29) is 0 Å². The third kappa shape index (κ3) is 4.03. The lowest BCUT2D eigenvalue weighted by Gasteiger charge is -1.97. The van der Waals surface area contributed by atoms with Crippen LogP contribution in [0.5, 0.6) is 0 Å². The van der Waals surface area contributed by atoms with E-state index in [9.17, 15) is 0 Å². The molecule has 0 amide bonds. The molecule has 0 saturated heterocycles. The fourth-order valence-corrected chi connectivity index (χ4v) is 3.18. The number of hydrazone groups is 1. The predicted octanol–water partition coefficient (Wildman–Crippen LogP) is 5.78. The monoisotopic (exact) mass is 435 g/mol. The van der Waals surface area contributed by atoms with E-state index in [4.69, 9.17) is 0 Å². The van der Waals surface area contributed by atoms with E-state index in [1.165, 1.54) is 11.3 Å². The van der Waals surface area contributed by atoms with Gasteiger partial charge in [-0.05, 0) is 29.8 Å². The van der Waals surface area contributed by atoms with Crippen LogP contribution < -0.4 is 5.43 Å². The molecule has 0 bridgehead atoms. The van der Waals surface area contributed by atoms with Gasteiger partial charge < -0.3 is 0 Å². The molecule has 0 unspecified atom stereocenters. The molecule has 0 radical (unpaired) electrons. The second-order valence-electron chi connectivity index (χ2n) is 4.47. The number of hydrogen-bond donors (Lipinski definition) is 1. The van der Waals surface area contributed by atoms with E-state index in [1.54, 1.807) is 6.21 Å². The first-order chi connectivity index (χ1) is 10.7. The highest BCUT2D eigenvalue weighted by molar-refractivity contribution is 9.10. The van der Waals surface area contributed by atoms with Crippen LogP contribution in [0.15, 0.2) is 68.0 Å². The van der Waals surface area contributed by atoms with Crippen molar-refractivity contribution in [2.75, 3.05) is 5.43 Å². The number of halogens is 2. The number of aromatic nitrogens is 1. The summed E-state index contributed by atoms with van der Waals surface area (Å²) >= 11 is 8.40. The quantitative estimate of drug-likeness (QED) is 0.415. The van der Waals surface area contributed by atoms with Crippen molar-refractivity contribution in [2.24, 2.45) is 5.10 Å². The Kier molecular flexibility index (Phi) is 5.02. The Hall–Kier alpha value is -1.50. The first-order valence-electron chi connectivity index (χ1n) is 6.47. The average Bonchev–Trinajstić information content (AvgIpc) is 2.97. The Morgan fingerprint density at radius 1 is 1.05 bits per heavy atom. The lowest BCUT2D eigenvalue weighted by Crippen LogP contribution is -1.90. The van der Waals surface area contributed by atoms with Gasteiger partial charge in [0, 0.05) is 19.9 Å². The topological polar surface area (TPSA) is 37.3 Å². The Morgan fingerprint density at radius 3 is 2.64 bits per heavy atom. The van der Waals surface area contributed by atoms with Crippen LogP contribution in [0.4, 0.5) is 5.13 Å². The highest BCUT2D eigenvalue weighted by atomic mass is 79.9. The van der Waals surface area contributed by atoms with E-state index >= 15 is 0 Å². The van der Waals surface area contributed by atoms with Gasteiger partial charge in [0.05, 0.1) is 11.9 Å². The maximum Gasteiger partial charge on any atom is 0.203 e. The van der Waals surface area contributed by atoms with Crippen molar-refractivity contribution in [3.8, 4) is 11.3 Å². The number of benzene rings is 2. The van der Waals surface area contributed by atoms with Crippen molar-refractivity contribution in [2.45, 2.75) is 0 Å². The molecular formula is C16H11Br2N3S. The SMILES string of the molecule is Brc1ccc(-c2csc(N/N=C/c3cccc(Br)c3)n2)cc1. The van der Waals surface area contributed by atoms with Crippen LogP contribution in [0.3, 0.4) is 0 Å². The number of nitrogens with zero attached hydrogens (tertiary/aromatic N) is 2. The van der Waals surface area contributed by atoms with Crippen LogP contribution in [-0.4, -0.2) is 11.2 Å². The molecule has 22 heavy (non-hydrogen) atoms. The van der Waals surface area contributed by atoms with Crippen LogP contribution >= 0.6 is 43.2 Å². The van der Waals surface area contributed by atoms with Gasteiger partial charge in [-0.2, -0.15) is 5.10 Å². The Balaban J connectivity index is 1.68. The summed E-state index contributed by atoms with van der Waals surface area (Å²) in [6.45, 7) is 0. The highest BCUT2D eigenvalue weighted by Gasteiger charge is 2.03. The third-order valence-corrected chi connectivity index (χ3v) is 4.64. The van der Waals surface area contributed by atoms with Crippen LogP contribution in [0.25, 0.3) is 11.3 Å². The molecule has 3 nitrogen and oxygen atoms in total. The molecule has 2 aromatic carbocycles. The minimum Gasteiger partial charge on any atom is -0.253 e. The number of nitrogens with one attached hydrogen (secondary N) is 1. The number of anilines is 1. The zero-order valence-corrected chi connectivity index (χ0v) is 15.3. The second kappa shape index (κ2) is 7.17. The molecule has 110 valence electrons. The van der Waals surface area contributed by atoms with Gasteiger partial charge in [0.1, 0.15) is 0 Å². The van der Waals surface area contributed by atoms with E-state index < -0.39 is 0 Å². The predicted molar refractivity (Wildman–Crippen MR) is 101 cm³/mol. The Labute approximate surface area is 149 Å². The summed E-state index contributed by atoms with van der Waals surface area (Å²) in [7, 11) is 0. The minimum absolute atomic E-state index is 0.768. The van der Waals surface area contributed by atoms with Gasteiger partial charge in [-0.15, -0.1) is 11.3 Å². The minimum atomic E-state index is 0.768. The zero-order chi connectivity index (χ0) is 15.4. The third-order valence-electron chi connectivity index (χ3n) is 2.87. The molecule has 0 atom stereocenters. The fourth-order valence-electron chi connectivity index (χ4n) is 1.83. The van der Waals surface area contributed by atoms with Crippen molar-refractivity contribution < 1.29 is 0 Å². The summed E-state index contributed by atoms with van der Waals surface area (Å²) in [5, 5.41) is 7.00. The molecule has 0 aliphatic carbocycles. The molecule has 6 heteroatoms. The van der Waals surface area contributed by atoms with Gasteiger partial charge >= 0.3 is 0 Å². The molecule has 1 heterocycles. The van der Waals surface area contributed by atoms with Gasteiger partial charge in [-0.1, -0.05) is 56.1 Å². The van der Waals surface area contributed by atoms with Crippen LogP contribution in [0.1, 0.15) is 5.56 Å². The van der Waals surface area contributed by atoms with Crippen LogP contribution in [0, 0.1) is 0 Å². The summed E-state index contributed by atoms with van der Waals surface area (Å²) in [4.78, 5) is 4.53. The van der Waals surface area contributed by atoms with Crippen LogP contribution in [0.2, 0.25) is 0 Å². The Bertz CT molecular complexity index is 797. The molecule has 1 aromatic heterocycles. The molecule has 3 aromatic rings. The number of thiazole rings is 1. The molecule has 0 aliphatic rings. The Morgan fingerprint density at radius 2 is 1.86 bits per heavy atom. The summed E-state index contributed by atoms with van der Waals surface area (Å²) in [6, 6.07) is 16.0. The van der Waals surface area contributed by atoms with Crippen molar-refractivity contribution >= 4 is 54.5 Å². The van der Waals surface area contributed by atoms with Crippen molar-refractivity contribution in [1.29, 1.82) is 0 Å². The van der Waals surface area contributed by atoms with Gasteiger partial charge in [-0.3, -0.25) is 5.43 Å². The van der Waals surface area contributed by atoms with Gasteiger partial charge in [0.15, 0.2) is 0 Å². The van der Waals surface area contributed by atoms with Gasteiger partial charge in [0.2, 0.25) is 5.13 Å². The lowest BCUT2D eigenvalue weighted by molar-refractivity contribution is 1.29. The zero-order valence-electron chi connectivity index (χ0n) is 11.3. The first kappa shape index (κ1) is 15.4. The first-order valence-corrected chi connectivity index (χ1v) is 8.93. The molecule has 0 fully saturated rings. The van der Waals surface area contributed by atoms with Crippen LogP contribution in [-0.2, 0) is 0 Å². The average molecular weight is 437 g/mol. The fraction of sp³-hybridized carbons (Fsp3) is 0. The standard InChI is InChI=1S/C16H11Br2N3S/c17-13-6-4-12(5-7-13)15-10-22-16(20-15)21-19-9-11-2-1-3-14(18)8-11/h1-10H,(H,20,21)/b19-9+. The highest BCUT2D eigenvalue weighted by Crippen LogP contribution is 2.26. The maximum absolute atomic E-state index is 4.53. The summed E-state index contributed by atoms with van der Waals surface area (Å²) in [5.74, 6) is 0. The number of hydrogen-bond acceptors (Lipinski definition) is 4. The molecule has 0 aliphatic heterocycles. The maximum atomic E-state index is 4.53. The number of rotatable bonds is 4. The second-order valence-corrected chi connectivity index (χ2v) is 7.16. The summed E-state index contributed by atoms with van der Waals surface area (Å²) < 4.78 is 2.09. The largest absolute Gasteiger partial charge is 0.253 e. The summed E-state index contributed by atoms with van der Waals surface area (Å²) in [5.41, 5.74) is 6.02. The molecule has 3 rings (SSSR count). The van der Waals surface area contributed by atoms with Gasteiger partial charge in [-0.25, -0.2) is 4.98 Å². The van der Waals surface area contributed by atoms with Crippen molar-refractivity contribution in [3.63, 3.8) is 0 Å². The molecule has 0 spiro atoms. The van der Waals surface area contributed by atoms with E-state index in [2.05, 4.69) is 47.4 Å².